The van der Waals surface area contributed by atoms with Gasteiger partial charge in [-0.25, -0.2) is 0 Å². The third-order valence-corrected chi connectivity index (χ3v) is 4.78. The lowest BCUT2D eigenvalue weighted by Gasteiger charge is -2.34. The van der Waals surface area contributed by atoms with Gasteiger partial charge in [-0.1, -0.05) is 18.2 Å². The number of carbonyl (C=O) groups excluding carboxylic acids is 2. The lowest BCUT2D eigenvalue weighted by atomic mass is 10.0. The summed E-state index contributed by atoms with van der Waals surface area (Å²) in [5.74, 6) is -0.618. The van der Waals surface area contributed by atoms with Crippen LogP contribution in [0, 0.1) is 0 Å². The fraction of sp³-hybridized carbons (Fsp3) is 0.400. The lowest BCUT2D eigenvalue weighted by molar-refractivity contribution is -0.137. The smallest absolute Gasteiger partial charge is 0.356 e. The first-order valence-corrected chi connectivity index (χ1v) is 9.52. The molecule has 2 heterocycles. The van der Waals surface area contributed by atoms with Crippen LogP contribution >= 0.6 is 0 Å². The average Bonchev–Trinajstić information content (AvgIpc) is 2.71. The minimum atomic E-state index is -4.43. The van der Waals surface area contributed by atoms with E-state index in [1.165, 1.54) is 6.07 Å². The summed E-state index contributed by atoms with van der Waals surface area (Å²) < 4.78 is 38.9. The van der Waals surface area contributed by atoms with Crippen molar-refractivity contribution in [1.29, 1.82) is 0 Å². The van der Waals surface area contributed by atoms with E-state index in [-0.39, 0.29) is 24.8 Å². The van der Waals surface area contributed by atoms with Gasteiger partial charge in [0.05, 0.1) is 23.7 Å². The number of aromatic nitrogens is 2. The zero-order valence-corrected chi connectivity index (χ0v) is 16.2. The van der Waals surface area contributed by atoms with Crippen LogP contribution in [0.25, 0.3) is 0 Å². The number of rotatable bonds is 7. The van der Waals surface area contributed by atoms with E-state index in [1.54, 1.807) is 29.6 Å². The monoisotopic (exact) mass is 421 g/mol. The maximum Gasteiger partial charge on any atom is 0.416 e. The predicted molar refractivity (Wildman–Crippen MR) is 102 cm³/mol. The Balaban J connectivity index is 1.59. The van der Waals surface area contributed by atoms with Crippen LogP contribution in [0.1, 0.15) is 23.2 Å². The van der Waals surface area contributed by atoms with Gasteiger partial charge in [-0.05, 0) is 11.6 Å². The van der Waals surface area contributed by atoms with Crippen molar-refractivity contribution >= 4 is 11.8 Å². The Morgan fingerprint density at radius 1 is 1.30 bits per heavy atom. The molecule has 0 saturated carbocycles. The molecule has 1 saturated heterocycles. The number of benzene rings is 1. The van der Waals surface area contributed by atoms with E-state index in [4.69, 9.17) is 0 Å². The van der Waals surface area contributed by atoms with E-state index in [0.717, 1.165) is 17.8 Å². The Bertz CT molecular complexity index is 876. The second kappa shape index (κ2) is 9.66. The van der Waals surface area contributed by atoms with E-state index >= 15 is 0 Å². The van der Waals surface area contributed by atoms with Crippen molar-refractivity contribution in [2.24, 2.45) is 0 Å². The van der Waals surface area contributed by atoms with E-state index in [2.05, 4.69) is 20.6 Å². The summed E-state index contributed by atoms with van der Waals surface area (Å²) >= 11 is 0. The molecule has 0 aliphatic carbocycles. The average molecular weight is 421 g/mol. The van der Waals surface area contributed by atoms with E-state index in [9.17, 15) is 22.8 Å². The maximum atomic E-state index is 13.0. The molecule has 1 fully saturated rings. The SMILES string of the molecule is O=C(C[C@@H]1C(=O)NCCN1Cc1cccc(C(F)(F)F)c1)NCCc1cnccn1. The van der Waals surface area contributed by atoms with Crippen molar-refractivity contribution in [3.05, 3.63) is 59.7 Å². The van der Waals surface area contributed by atoms with Gasteiger partial charge in [0.15, 0.2) is 0 Å². The fourth-order valence-electron chi connectivity index (χ4n) is 3.29. The number of hydrogen-bond acceptors (Lipinski definition) is 5. The molecule has 2 amide bonds. The zero-order valence-electron chi connectivity index (χ0n) is 16.2. The van der Waals surface area contributed by atoms with Gasteiger partial charge in [-0.3, -0.25) is 24.5 Å². The Morgan fingerprint density at radius 2 is 2.13 bits per heavy atom. The maximum absolute atomic E-state index is 13.0. The summed E-state index contributed by atoms with van der Waals surface area (Å²) in [5.41, 5.74) is 0.437. The first-order chi connectivity index (χ1) is 14.3. The summed E-state index contributed by atoms with van der Waals surface area (Å²) in [6.07, 6.45) is 0.725. The van der Waals surface area contributed by atoms with Gasteiger partial charge in [0.2, 0.25) is 11.8 Å². The molecule has 1 atom stereocenters. The minimum absolute atomic E-state index is 0.0781. The van der Waals surface area contributed by atoms with Gasteiger partial charge < -0.3 is 10.6 Å². The van der Waals surface area contributed by atoms with Crippen LogP contribution in [0.15, 0.2) is 42.9 Å². The topological polar surface area (TPSA) is 87.2 Å². The zero-order chi connectivity index (χ0) is 21.6. The van der Waals surface area contributed by atoms with Crippen LogP contribution in [0.3, 0.4) is 0 Å². The molecule has 1 aliphatic heterocycles. The number of piperazine rings is 1. The number of halogens is 3. The van der Waals surface area contributed by atoms with Crippen LogP contribution in [0.5, 0.6) is 0 Å². The van der Waals surface area contributed by atoms with Crippen molar-refractivity contribution in [3.63, 3.8) is 0 Å². The van der Waals surface area contributed by atoms with Crippen LogP contribution < -0.4 is 10.6 Å². The molecule has 0 spiro atoms. The third-order valence-electron chi connectivity index (χ3n) is 4.78. The molecule has 2 N–H and O–H groups in total. The summed E-state index contributed by atoms with van der Waals surface area (Å²) in [5, 5.41) is 5.46. The summed E-state index contributed by atoms with van der Waals surface area (Å²) in [6.45, 7) is 1.32. The summed E-state index contributed by atoms with van der Waals surface area (Å²) in [7, 11) is 0. The molecule has 7 nitrogen and oxygen atoms in total. The number of carbonyl (C=O) groups is 2. The molecular formula is C20H22F3N5O2. The van der Waals surface area contributed by atoms with Crippen LogP contribution in [-0.2, 0) is 28.7 Å². The summed E-state index contributed by atoms with van der Waals surface area (Å²) in [6, 6.07) is 4.26. The highest BCUT2D eigenvalue weighted by atomic mass is 19.4. The molecular weight excluding hydrogens is 399 g/mol. The highest BCUT2D eigenvalue weighted by Gasteiger charge is 2.33. The predicted octanol–water partition coefficient (Wildman–Crippen LogP) is 1.54. The first kappa shape index (κ1) is 21.7. The van der Waals surface area contributed by atoms with E-state index < -0.39 is 17.8 Å². The van der Waals surface area contributed by atoms with E-state index in [0.29, 0.717) is 31.6 Å². The molecule has 0 unspecified atom stereocenters. The highest BCUT2D eigenvalue weighted by Crippen LogP contribution is 2.30. The Labute approximate surface area is 171 Å². The summed E-state index contributed by atoms with van der Waals surface area (Å²) in [4.78, 5) is 34.5. The van der Waals surface area contributed by atoms with Crippen LogP contribution in [0.2, 0.25) is 0 Å². The molecule has 1 aromatic carbocycles. The van der Waals surface area contributed by atoms with Crippen molar-refractivity contribution in [2.75, 3.05) is 19.6 Å². The number of nitrogens with one attached hydrogen (secondary N) is 2. The second-order valence-electron chi connectivity index (χ2n) is 6.98. The molecule has 160 valence electrons. The normalized spacial score (nSPS) is 17.4. The van der Waals surface area contributed by atoms with Gasteiger partial charge in [0, 0.05) is 51.2 Å². The van der Waals surface area contributed by atoms with Crippen LogP contribution in [-0.4, -0.2) is 52.4 Å². The highest BCUT2D eigenvalue weighted by molar-refractivity contribution is 5.88. The molecule has 10 heteroatoms. The number of amides is 2. The van der Waals surface area contributed by atoms with Gasteiger partial charge in [0.1, 0.15) is 0 Å². The van der Waals surface area contributed by atoms with Crippen molar-refractivity contribution < 1.29 is 22.8 Å². The van der Waals surface area contributed by atoms with Crippen molar-refractivity contribution in [2.45, 2.75) is 31.6 Å². The van der Waals surface area contributed by atoms with Gasteiger partial charge in [0.25, 0.3) is 0 Å². The largest absolute Gasteiger partial charge is 0.416 e. The van der Waals surface area contributed by atoms with Crippen molar-refractivity contribution in [1.82, 2.24) is 25.5 Å². The Kier molecular flexibility index (Phi) is 6.99. The minimum Gasteiger partial charge on any atom is -0.356 e. The molecule has 0 bridgehead atoms. The van der Waals surface area contributed by atoms with E-state index in [1.807, 2.05) is 0 Å². The molecule has 1 aliphatic rings. The van der Waals surface area contributed by atoms with Crippen LogP contribution in [0.4, 0.5) is 13.2 Å². The molecule has 0 radical (unpaired) electrons. The Hall–Kier alpha value is -3.01. The molecule has 3 rings (SSSR count). The van der Waals surface area contributed by atoms with Gasteiger partial charge in [-0.2, -0.15) is 13.2 Å². The first-order valence-electron chi connectivity index (χ1n) is 9.52. The number of alkyl halides is 3. The van der Waals surface area contributed by atoms with Gasteiger partial charge >= 0.3 is 6.18 Å². The second-order valence-corrected chi connectivity index (χ2v) is 6.98. The number of nitrogens with zero attached hydrogens (tertiary/aromatic N) is 3. The Morgan fingerprint density at radius 3 is 2.87 bits per heavy atom. The number of hydrogen-bond donors (Lipinski definition) is 2. The quantitative estimate of drug-likeness (QED) is 0.708. The molecule has 1 aromatic heterocycles. The van der Waals surface area contributed by atoms with Crippen molar-refractivity contribution in [3.8, 4) is 0 Å². The third kappa shape index (κ3) is 5.99. The lowest BCUT2D eigenvalue weighted by Crippen LogP contribution is -2.56. The molecule has 30 heavy (non-hydrogen) atoms. The standard InChI is InChI=1S/C20H22F3N5O2/c21-20(22,23)15-3-1-2-14(10-15)13-28-9-8-27-19(30)17(28)11-18(29)26-5-4-16-12-24-6-7-25-16/h1-3,6-7,10,12,17H,4-5,8-9,11,13H2,(H,26,29)(H,27,30)/t17-/m1/s1. The fourth-order valence-corrected chi connectivity index (χ4v) is 3.29. The molecule has 2 aromatic rings. The van der Waals surface area contributed by atoms with Gasteiger partial charge in [-0.15, -0.1) is 0 Å².